The summed E-state index contributed by atoms with van der Waals surface area (Å²) in [6, 6.07) is 2.45. The van der Waals surface area contributed by atoms with Crippen molar-refractivity contribution < 1.29 is 0 Å². The number of hydrogen-bond acceptors (Lipinski definition) is 3. The van der Waals surface area contributed by atoms with Crippen molar-refractivity contribution in [2.24, 2.45) is 5.73 Å². The third-order valence-corrected chi connectivity index (χ3v) is 4.96. The Labute approximate surface area is 99.0 Å². The maximum atomic E-state index is 6.11. The third kappa shape index (κ3) is 1.69. The molecule has 0 aromatic carbocycles. The number of rotatable bonds is 4. The van der Waals surface area contributed by atoms with Crippen molar-refractivity contribution in [2.75, 3.05) is 20.1 Å². The molecule has 0 aromatic rings. The summed E-state index contributed by atoms with van der Waals surface area (Å²) in [5, 5.41) is 0. The Balaban J connectivity index is 1.74. The molecule has 3 heteroatoms. The van der Waals surface area contributed by atoms with Crippen molar-refractivity contribution in [3.8, 4) is 0 Å². The largest absolute Gasteiger partial charge is 0.329 e. The lowest BCUT2D eigenvalue weighted by Crippen LogP contribution is -2.55. The molecule has 1 saturated heterocycles. The molecule has 2 N–H and O–H groups in total. The highest BCUT2D eigenvalue weighted by Gasteiger charge is 2.50. The van der Waals surface area contributed by atoms with Gasteiger partial charge in [-0.15, -0.1) is 0 Å². The summed E-state index contributed by atoms with van der Waals surface area (Å²) in [5.41, 5.74) is 6.39. The molecule has 2 unspecified atom stereocenters. The molecular weight excluding hydrogens is 198 g/mol. The minimum absolute atomic E-state index is 0.281. The van der Waals surface area contributed by atoms with Gasteiger partial charge in [0, 0.05) is 36.8 Å². The lowest BCUT2D eigenvalue weighted by Gasteiger charge is -2.38. The third-order valence-electron chi connectivity index (χ3n) is 4.96. The molecule has 3 aliphatic rings. The zero-order valence-corrected chi connectivity index (χ0v) is 10.7. The molecule has 2 aliphatic carbocycles. The van der Waals surface area contributed by atoms with E-state index in [1.807, 2.05) is 0 Å². The van der Waals surface area contributed by atoms with Gasteiger partial charge in [-0.05, 0) is 46.1 Å². The molecule has 3 rings (SSSR count). The van der Waals surface area contributed by atoms with Crippen LogP contribution in [0.25, 0.3) is 0 Å². The molecule has 0 bridgehead atoms. The molecule has 1 heterocycles. The Kier molecular flexibility index (Phi) is 2.54. The Morgan fingerprint density at radius 1 is 1.31 bits per heavy atom. The second-order valence-corrected chi connectivity index (χ2v) is 6.23. The van der Waals surface area contributed by atoms with Crippen LogP contribution in [0.5, 0.6) is 0 Å². The van der Waals surface area contributed by atoms with Crippen LogP contribution in [0.4, 0.5) is 0 Å². The van der Waals surface area contributed by atoms with Crippen LogP contribution in [-0.4, -0.2) is 53.6 Å². The van der Waals surface area contributed by atoms with Gasteiger partial charge in [0.1, 0.15) is 0 Å². The van der Waals surface area contributed by atoms with E-state index >= 15 is 0 Å². The van der Waals surface area contributed by atoms with E-state index in [1.165, 1.54) is 38.6 Å². The van der Waals surface area contributed by atoms with Crippen molar-refractivity contribution in [3.63, 3.8) is 0 Å². The van der Waals surface area contributed by atoms with Crippen LogP contribution in [0.3, 0.4) is 0 Å². The van der Waals surface area contributed by atoms with E-state index in [-0.39, 0.29) is 5.54 Å². The number of nitrogens with zero attached hydrogens (tertiary/aromatic N) is 2. The summed E-state index contributed by atoms with van der Waals surface area (Å²) in [5.74, 6) is 0. The van der Waals surface area contributed by atoms with Gasteiger partial charge in [-0.25, -0.2) is 0 Å². The van der Waals surface area contributed by atoms with Gasteiger partial charge in [-0.2, -0.15) is 0 Å². The lowest BCUT2D eigenvalue weighted by atomic mass is 9.94. The average Bonchev–Trinajstić information content (AvgIpc) is 3.15. The predicted octanol–water partition coefficient (Wildman–Crippen LogP) is 1.03. The number of hydrogen-bond donors (Lipinski definition) is 1. The van der Waals surface area contributed by atoms with Crippen molar-refractivity contribution >= 4 is 0 Å². The first-order valence-corrected chi connectivity index (χ1v) is 6.85. The summed E-state index contributed by atoms with van der Waals surface area (Å²) in [6.45, 7) is 4.42. The molecule has 92 valence electrons. The van der Waals surface area contributed by atoms with E-state index in [0.29, 0.717) is 0 Å². The Morgan fingerprint density at radius 3 is 2.50 bits per heavy atom. The van der Waals surface area contributed by atoms with Crippen LogP contribution >= 0.6 is 0 Å². The minimum atomic E-state index is 0.281. The van der Waals surface area contributed by atoms with E-state index in [9.17, 15) is 0 Å². The SMILES string of the molecule is CC1CC(CN)(N(C)C2CC2)CN1C1CC1. The van der Waals surface area contributed by atoms with Crippen molar-refractivity contribution in [2.45, 2.75) is 62.7 Å². The highest BCUT2D eigenvalue weighted by Crippen LogP contribution is 2.42. The van der Waals surface area contributed by atoms with Gasteiger partial charge in [0.15, 0.2) is 0 Å². The molecule has 2 atom stereocenters. The number of likely N-dealkylation sites (N-methyl/N-ethyl adjacent to an activating group) is 1. The van der Waals surface area contributed by atoms with E-state index in [2.05, 4.69) is 23.8 Å². The van der Waals surface area contributed by atoms with Crippen LogP contribution in [0.15, 0.2) is 0 Å². The van der Waals surface area contributed by atoms with Gasteiger partial charge < -0.3 is 5.73 Å². The van der Waals surface area contributed by atoms with E-state index in [0.717, 1.165) is 24.7 Å². The second-order valence-electron chi connectivity index (χ2n) is 6.23. The van der Waals surface area contributed by atoms with Gasteiger partial charge in [-0.1, -0.05) is 0 Å². The summed E-state index contributed by atoms with van der Waals surface area (Å²) in [4.78, 5) is 5.32. The van der Waals surface area contributed by atoms with Crippen LogP contribution < -0.4 is 5.73 Å². The molecule has 0 spiro atoms. The molecule has 2 saturated carbocycles. The van der Waals surface area contributed by atoms with Gasteiger partial charge in [0.05, 0.1) is 0 Å². The minimum Gasteiger partial charge on any atom is -0.329 e. The molecule has 3 nitrogen and oxygen atoms in total. The van der Waals surface area contributed by atoms with Gasteiger partial charge >= 0.3 is 0 Å². The molecular formula is C13H25N3. The number of nitrogens with two attached hydrogens (primary N) is 1. The predicted molar refractivity (Wildman–Crippen MR) is 66.4 cm³/mol. The Morgan fingerprint density at radius 2 is 2.00 bits per heavy atom. The average molecular weight is 223 g/mol. The maximum Gasteiger partial charge on any atom is 0.0473 e. The summed E-state index contributed by atoms with van der Waals surface area (Å²) in [7, 11) is 2.30. The quantitative estimate of drug-likeness (QED) is 0.773. The zero-order valence-electron chi connectivity index (χ0n) is 10.7. The number of likely N-dealkylation sites (tertiary alicyclic amines) is 1. The highest BCUT2D eigenvalue weighted by atomic mass is 15.3. The van der Waals surface area contributed by atoms with Crippen LogP contribution in [0, 0.1) is 0 Å². The first kappa shape index (κ1) is 11.0. The first-order chi connectivity index (χ1) is 7.66. The normalized spacial score (nSPS) is 40.9. The van der Waals surface area contributed by atoms with Crippen molar-refractivity contribution in [3.05, 3.63) is 0 Å². The first-order valence-electron chi connectivity index (χ1n) is 6.85. The summed E-state index contributed by atoms with van der Waals surface area (Å²) < 4.78 is 0. The Bertz CT molecular complexity index is 272. The fourth-order valence-electron chi connectivity index (χ4n) is 3.52. The monoisotopic (exact) mass is 223 g/mol. The van der Waals surface area contributed by atoms with Gasteiger partial charge in [0.25, 0.3) is 0 Å². The smallest absolute Gasteiger partial charge is 0.0473 e. The van der Waals surface area contributed by atoms with E-state index in [4.69, 9.17) is 5.73 Å². The Hall–Kier alpha value is -0.120. The van der Waals surface area contributed by atoms with Crippen molar-refractivity contribution in [1.82, 2.24) is 9.80 Å². The molecule has 0 amide bonds. The van der Waals surface area contributed by atoms with Crippen LogP contribution in [-0.2, 0) is 0 Å². The van der Waals surface area contributed by atoms with Crippen molar-refractivity contribution in [1.29, 1.82) is 0 Å². The molecule has 16 heavy (non-hydrogen) atoms. The maximum absolute atomic E-state index is 6.11. The molecule has 1 aliphatic heterocycles. The molecule has 3 fully saturated rings. The zero-order chi connectivity index (χ0) is 11.3. The lowest BCUT2D eigenvalue weighted by molar-refractivity contribution is 0.119. The van der Waals surface area contributed by atoms with Gasteiger partial charge in [-0.3, -0.25) is 9.80 Å². The molecule has 0 radical (unpaired) electrons. The summed E-state index contributed by atoms with van der Waals surface area (Å²) in [6.07, 6.45) is 6.87. The summed E-state index contributed by atoms with van der Waals surface area (Å²) >= 11 is 0. The standard InChI is InChI=1S/C13H25N3/c1-10-7-13(8-14,15(2)11-3-4-11)9-16(10)12-5-6-12/h10-12H,3-9,14H2,1-2H3. The fourth-order valence-corrected chi connectivity index (χ4v) is 3.52. The van der Waals surface area contributed by atoms with Crippen LogP contribution in [0.1, 0.15) is 39.0 Å². The molecule has 0 aromatic heterocycles. The van der Waals surface area contributed by atoms with Gasteiger partial charge in [0.2, 0.25) is 0 Å². The fraction of sp³-hybridized carbons (Fsp3) is 1.00. The van der Waals surface area contributed by atoms with E-state index < -0.39 is 0 Å². The van der Waals surface area contributed by atoms with Crippen LogP contribution in [0.2, 0.25) is 0 Å². The highest BCUT2D eigenvalue weighted by molar-refractivity contribution is 5.08. The second kappa shape index (κ2) is 3.69. The van der Waals surface area contributed by atoms with E-state index in [1.54, 1.807) is 0 Å². The topological polar surface area (TPSA) is 32.5 Å².